The minimum atomic E-state index is -0.592. The number of nitrogens with zero attached hydrogens (tertiary/aromatic N) is 4. The van der Waals surface area contributed by atoms with Gasteiger partial charge in [0, 0.05) is 40.2 Å². The molecule has 0 bridgehead atoms. The van der Waals surface area contributed by atoms with Gasteiger partial charge in [0.2, 0.25) is 0 Å². The summed E-state index contributed by atoms with van der Waals surface area (Å²) in [6.07, 6.45) is 10.5. The van der Waals surface area contributed by atoms with Crippen LogP contribution in [0.1, 0.15) is 52.7 Å². The van der Waals surface area contributed by atoms with Gasteiger partial charge in [-0.1, -0.05) is 17.7 Å². The van der Waals surface area contributed by atoms with Gasteiger partial charge in [-0.3, -0.25) is 9.59 Å². The van der Waals surface area contributed by atoms with Crippen LogP contribution in [0.2, 0.25) is 5.02 Å². The lowest BCUT2D eigenvalue weighted by atomic mass is 9.88. The average molecular weight is 541 g/mol. The third-order valence-corrected chi connectivity index (χ3v) is 8.68. The Morgan fingerprint density at radius 2 is 1.97 bits per heavy atom. The van der Waals surface area contributed by atoms with Crippen LogP contribution in [0.15, 0.2) is 60.0 Å². The SMILES string of the molecule is O=C1NC2(CC2)Cc2ccc(Cl)c(F)c2-c2cc(=O)n3c(c21)CC[C@H]3c1ncc(-c2ccc3cncn3c2)[nH]1. The first-order valence-electron chi connectivity index (χ1n) is 13.0. The van der Waals surface area contributed by atoms with Gasteiger partial charge in [-0.15, -0.1) is 0 Å². The van der Waals surface area contributed by atoms with E-state index in [-0.39, 0.29) is 33.6 Å². The number of carbonyl (C=O) groups excluding carboxylic acids is 1. The Morgan fingerprint density at radius 1 is 1.10 bits per heavy atom. The van der Waals surface area contributed by atoms with Crippen LogP contribution < -0.4 is 10.9 Å². The van der Waals surface area contributed by atoms with E-state index < -0.39 is 5.82 Å². The standard InChI is InChI=1S/C29H22ClFN6O2/c30-19-4-2-15-10-29(7-8-29)35-28(39)25-18(24(15)26(19)31)9-23(38)37-21(25)5-6-22(37)27-33-12-20(34-27)16-1-3-17-11-32-14-36(17)13-16/h1-4,9,11-14,22H,5-8,10H2,(H,33,34)(H,35,39)/t22-/m0/s1. The number of benzene rings is 1. The molecule has 39 heavy (non-hydrogen) atoms. The second kappa shape index (κ2) is 7.89. The van der Waals surface area contributed by atoms with E-state index in [1.807, 2.05) is 22.7 Å². The molecule has 0 saturated heterocycles. The second-order valence-corrected chi connectivity index (χ2v) is 11.2. The number of carbonyl (C=O) groups is 1. The lowest BCUT2D eigenvalue weighted by molar-refractivity contribution is 0.0929. The fourth-order valence-corrected chi connectivity index (χ4v) is 6.46. The van der Waals surface area contributed by atoms with Crippen molar-refractivity contribution in [3.63, 3.8) is 0 Å². The van der Waals surface area contributed by atoms with Crippen molar-refractivity contribution in [1.82, 2.24) is 29.2 Å². The quantitative estimate of drug-likeness (QED) is 0.339. The molecule has 1 saturated carbocycles. The lowest BCUT2D eigenvalue weighted by Gasteiger charge is -2.27. The Kier molecular flexibility index (Phi) is 4.60. The van der Waals surface area contributed by atoms with Crippen LogP contribution in [0.5, 0.6) is 0 Å². The molecule has 6 heterocycles. The highest BCUT2D eigenvalue weighted by Crippen LogP contribution is 2.46. The molecule has 2 N–H and O–H groups in total. The number of pyridine rings is 2. The monoisotopic (exact) mass is 540 g/mol. The minimum absolute atomic E-state index is 0.0269. The molecule has 8 rings (SSSR count). The van der Waals surface area contributed by atoms with E-state index in [2.05, 4.69) is 20.3 Å². The summed E-state index contributed by atoms with van der Waals surface area (Å²) in [5, 5.41) is 3.17. The molecule has 3 aliphatic rings. The summed E-state index contributed by atoms with van der Waals surface area (Å²) in [6.45, 7) is 0. The molecule has 194 valence electrons. The maximum Gasteiger partial charge on any atom is 0.254 e. The summed E-state index contributed by atoms with van der Waals surface area (Å²) < 4.78 is 19.1. The van der Waals surface area contributed by atoms with E-state index >= 15 is 4.39 Å². The van der Waals surface area contributed by atoms with E-state index in [0.717, 1.165) is 35.2 Å². The van der Waals surface area contributed by atoms with Crippen molar-refractivity contribution in [3.05, 3.63) is 99.1 Å². The van der Waals surface area contributed by atoms with Crippen molar-refractivity contribution in [1.29, 1.82) is 0 Å². The van der Waals surface area contributed by atoms with Crippen molar-refractivity contribution < 1.29 is 9.18 Å². The zero-order valence-corrected chi connectivity index (χ0v) is 21.4. The largest absolute Gasteiger partial charge is 0.346 e. The summed E-state index contributed by atoms with van der Waals surface area (Å²) in [6, 6.07) is 8.33. The zero-order valence-electron chi connectivity index (χ0n) is 20.7. The summed E-state index contributed by atoms with van der Waals surface area (Å²) >= 11 is 6.19. The van der Waals surface area contributed by atoms with E-state index in [1.54, 1.807) is 35.4 Å². The number of hydrogen-bond acceptors (Lipinski definition) is 4. The van der Waals surface area contributed by atoms with Gasteiger partial charge in [0.15, 0.2) is 0 Å². The Hall–Kier alpha value is -4.24. The van der Waals surface area contributed by atoms with Crippen molar-refractivity contribution in [2.24, 2.45) is 0 Å². The number of aromatic amines is 1. The number of imidazole rings is 2. The van der Waals surface area contributed by atoms with Gasteiger partial charge in [-0.25, -0.2) is 14.4 Å². The first-order chi connectivity index (χ1) is 18.9. The molecular formula is C29H22ClFN6O2. The number of hydrogen-bond donors (Lipinski definition) is 2. The number of nitrogens with one attached hydrogen (secondary N) is 2. The molecule has 1 amide bonds. The minimum Gasteiger partial charge on any atom is -0.346 e. The molecule has 1 aromatic carbocycles. The van der Waals surface area contributed by atoms with Crippen LogP contribution in [0.3, 0.4) is 0 Å². The average Bonchev–Trinajstić information content (AvgIpc) is 3.31. The normalized spacial score (nSPS) is 18.8. The number of rotatable bonds is 2. The summed E-state index contributed by atoms with van der Waals surface area (Å²) in [5.41, 5.74) is 4.31. The number of halogens is 2. The van der Waals surface area contributed by atoms with Crippen molar-refractivity contribution in [2.75, 3.05) is 0 Å². The van der Waals surface area contributed by atoms with Crippen LogP contribution >= 0.6 is 11.6 Å². The fraction of sp³-hybridized carbons (Fsp3) is 0.241. The topological polar surface area (TPSA) is 97.1 Å². The van der Waals surface area contributed by atoms with Crippen LogP contribution in [0, 0.1) is 5.82 Å². The summed E-state index contributed by atoms with van der Waals surface area (Å²) in [5.74, 6) is -0.230. The smallest absolute Gasteiger partial charge is 0.254 e. The van der Waals surface area contributed by atoms with E-state index in [1.165, 1.54) is 6.07 Å². The Bertz CT molecular complexity index is 1920. The molecule has 4 aromatic heterocycles. The molecule has 10 heteroatoms. The highest BCUT2D eigenvalue weighted by molar-refractivity contribution is 6.31. The van der Waals surface area contributed by atoms with Crippen LogP contribution in [0.25, 0.3) is 27.9 Å². The molecule has 5 aromatic rings. The molecule has 1 spiro atoms. The van der Waals surface area contributed by atoms with Gasteiger partial charge in [-0.05, 0) is 55.9 Å². The molecule has 1 atom stereocenters. The Balaban J connectivity index is 1.27. The summed E-state index contributed by atoms with van der Waals surface area (Å²) in [4.78, 5) is 39.5. The molecule has 1 fully saturated rings. The first-order valence-corrected chi connectivity index (χ1v) is 13.3. The molecule has 2 aliphatic heterocycles. The van der Waals surface area contributed by atoms with E-state index in [0.29, 0.717) is 41.9 Å². The number of fused-ring (bicyclic) bond motifs is 6. The number of H-pyrrole nitrogens is 1. The number of aromatic nitrogens is 5. The lowest BCUT2D eigenvalue weighted by Crippen LogP contribution is -2.41. The molecule has 0 unspecified atom stereocenters. The highest BCUT2D eigenvalue weighted by Gasteiger charge is 2.47. The Morgan fingerprint density at radius 3 is 2.82 bits per heavy atom. The van der Waals surface area contributed by atoms with E-state index in [9.17, 15) is 9.59 Å². The van der Waals surface area contributed by atoms with Crippen molar-refractivity contribution in [3.8, 4) is 22.4 Å². The van der Waals surface area contributed by atoms with Gasteiger partial charge in [0.25, 0.3) is 11.5 Å². The maximum atomic E-state index is 15.5. The summed E-state index contributed by atoms with van der Waals surface area (Å²) in [7, 11) is 0. The van der Waals surface area contributed by atoms with E-state index in [4.69, 9.17) is 11.6 Å². The number of amides is 1. The van der Waals surface area contributed by atoms with Gasteiger partial charge >= 0.3 is 0 Å². The third-order valence-electron chi connectivity index (χ3n) is 8.39. The predicted molar refractivity (Wildman–Crippen MR) is 143 cm³/mol. The third kappa shape index (κ3) is 3.35. The molecule has 1 aliphatic carbocycles. The molecule has 0 radical (unpaired) electrons. The second-order valence-electron chi connectivity index (χ2n) is 10.8. The van der Waals surface area contributed by atoms with Gasteiger partial charge < -0.3 is 19.3 Å². The molecule has 8 nitrogen and oxygen atoms in total. The highest BCUT2D eigenvalue weighted by atomic mass is 35.5. The Labute approximate surface area is 226 Å². The first kappa shape index (κ1) is 22.7. The van der Waals surface area contributed by atoms with Crippen LogP contribution in [0.4, 0.5) is 4.39 Å². The van der Waals surface area contributed by atoms with Crippen LogP contribution in [-0.2, 0) is 12.8 Å². The van der Waals surface area contributed by atoms with Crippen molar-refractivity contribution in [2.45, 2.75) is 43.7 Å². The van der Waals surface area contributed by atoms with Gasteiger partial charge in [-0.2, -0.15) is 0 Å². The van der Waals surface area contributed by atoms with Crippen molar-refractivity contribution >= 4 is 23.0 Å². The maximum absolute atomic E-state index is 15.5. The predicted octanol–water partition coefficient (Wildman–Crippen LogP) is 4.70. The van der Waals surface area contributed by atoms with Crippen LogP contribution in [-0.4, -0.2) is 35.4 Å². The van der Waals surface area contributed by atoms with Gasteiger partial charge in [0.05, 0.1) is 46.6 Å². The van der Waals surface area contributed by atoms with Gasteiger partial charge in [0.1, 0.15) is 11.6 Å². The zero-order chi connectivity index (χ0) is 26.5. The fourth-order valence-electron chi connectivity index (χ4n) is 6.30. The molecular weight excluding hydrogens is 519 g/mol.